The van der Waals surface area contributed by atoms with Crippen molar-refractivity contribution in [3.63, 3.8) is 0 Å². The SMILES string of the molecule is CNCC(CO)(CC(C)CC(C)C)C[N+]1(C(C)C)CC1. The van der Waals surface area contributed by atoms with Crippen LogP contribution in [-0.4, -0.2) is 55.5 Å². The van der Waals surface area contributed by atoms with Crippen molar-refractivity contribution in [1.82, 2.24) is 5.32 Å². The van der Waals surface area contributed by atoms with Crippen molar-refractivity contribution in [2.24, 2.45) is 17.3 Å². The van der Waals surface area contributed by atoms with Gasteiger partial charge in [-0.05, 0) is 45.6 Å². The molecule has 3 heteroatoms. The molecule has 2 atom stereocenters. The van der Waals surface area contributed by atoms with E-state index in [9.17, 15) is 5.11 Å². The van der Waals surface area contributed by atoms with Gasteiger partial charge in [0.05, 0.1) is 24.6 Å². The number of aliphatic hydroxyl groups excluding tert-OH is 1. The predicted octanol–water partition coefficient (Wildman–Crippen LogP) is 2.50. The maximum absolute atomic E-state index is 10.1. The van der Waals surface area contributed by atoms with E-state index in [4.69, 9.17) is 0 Å². The smallest absolute Gasteiger partial charge is 0.129 e. The van der Waals surface area contributed by atoms with Crippen molar-refractivity contribution in [3.05, 3.63) is 0 Å². The average Bonchev–Trinajstić information content (AvgIpc) is 3.08. The van der Waals surface area contributed by atoms with Crippen LogP contribution in [0.15, 0.2) is 0 Å². The average molecular weight is 285 g/mol. The molecule has 3 nitrogen and oxygen atoms in total. The third-order valence-corrected chi connectivity index (χ3v) is 5.09. The molecule has 0 amide bonds. The van der Waals surface area contributed by atoms with Gasteiger partial charge in [-0.2, -0.15) is 0 Å². The maximum atomic E-state index is 10.1. The molecule has 0 aromatic carbocycles. The monoisotopic (exact) mass is 285 g/mol. The topological polar surface area (TPSA) is 32.3 Å². The van der Waals surface area contributed by atoms with Gasteiger partial charge in [0, 0.05) is 6.54 Å². The second kappa shape index (κ2) is 7.24. The van der Waals surface area contributed by atoms with Crippen LogP contribution in [0.4, 0.5) is 0 Å². The number of hydrogen-bond acceptors (Lipinski definition) is 2. The fraction of sp³-hybridized carbons (Fsp3) is 1.00. The summed E-state index contributed by atoms with van der Waals surface area (Å²) in [6.45, 7) is 16.5. The van der Waals surface area contributed by atoms with Crippen molar-refractivity contribution in [1.29, 1.82) is 0 Å². The molecular formula is C17H37N2O+. The fourth-order valence-corrected chi connectivity index (χ4v) is 4.02. The lowest BCUT2D eigenvalue weighted by Gasteiger charge is -2.39. The van der Waals surface area contributed by atoms with Gasteiger partial charge in [0.1, 0.15) is 13.1 Å². The Morgan fingerprint density at radius 1 is 1.15 bits per heavy atom. The summed E-state index contributed by atoms with van der Waals surface area (Å²) in [6.07, 6.45) is 2.39. The molecule has 0 aromatic rings. The Morgan fingerprint density at radius 2 is 1.75 bits per heavy atom. The Labute approximate surface area is 126 Å². The number of nitrogens with one attached hydrogen (secondary N) is 1. The summed E-state index contributed by atoms with van der Waals surface area (Å²) in [7, 11) is 2.01. The van der Waals surface area contributed by atoms with Gasteiger partial charge in [0.15, 0.2) is 0 Å². The van der Waals surface area contributed by atoms with Crippen molar-refractivity contribution < 1.29 is 9.59 Å². The number of aliphatic hydroxyl groups is 1. The maximum Gasteiger partial charge on any atom is 0.129 e. The van der Waals surface area contributed by atoms with Crippen LogP contribution in [0.3, 0.4) is 0 Å². The molecule has 1 heterocycles. The van der Waals surface area contributed by atoms with E-state index in [2.05, 4.69) is 39.9 Å². The first-order chi connectivity index (χ1) is 9.29. The van der Waals surface area contributed by atoms with Gasteiger partial charge in [0.25, 0.3) is 0 Å². The van der Waals surface area contributed by atoms with E-state index in [1.807, 2.05) is 7.05 Å². The van der Waals surface area contributed by atoms with Crippen LogP contribution in [0.25, 0.3) is 0 Å². The van der Waals surface area contributed by atoms with Crippen LogP contribution in [0, 0.1) is 17.3 Å². The molecule has 2 unspecified atom stereocenters. The van der Waals surface area contributed by atoms with E-state index in [1.54, 1.807) is 0 Å². The van der Waals surface area contributed by atoms with Crippen molar-refractivity contribution >= 4 is 0 Å². The minimum atomic E-state index is 0.0455. The van der Waals surface area contributed by atoms with Gasteiger partial charge in [-0.1, -0.05) is 20.8 Å². The molecule has 20 heavy (non-hydrogen) atoms. The van der Waals surface area contributed by atoms with Crippen LogP contribution in [0.2, 0.25) is 0 Å². The molecule has 2 N–H and O–H groups in total. The lowest BCUT2D eigenvalue weighted by Crippen LogP contribution is -2.50. The van der Waals surface area contributed by atoms with Crippen LogP contribution in [-0.2, 0) is 0 Å². The summed E-state index contributed by atoms with van der Waals surface area (Å²) in [4.78, 5) is 0. The van der Waals surface area contributed by atoms with Crippen LogP contribution < -0.4 is 5.32 Å². The Kier molecular flexibility index (Phi) is 6.49. The molecule has 1 saturated heterocycles. The Bertz CT molecular complexity index is 287. The summed E-state index contributed by atoms with van der Waals surface area (Å²) in [5.41, 5.74) is 0.0455. The molecule has 1 aliphatic heterocycles. The zero-order valence-corrected chi connectivity index (χ0v) is 14.6. The minimum Gasteiger partial charge on any atom is -0.396 e. The fourth-order valence-electron chi connectivity index (χ4n) is 4.02. The summed E-state index contributed by atoms with van der Waals surface area (Å²) in [5, 5.41) is 13.5. The van der Waals surface area contributed by atoms with E-state index in [0.29, 0.717) is 18.6 Å². The highest BCUT2D eigenvalue weighted by Gasteiger charge is 2.51. The highest BCUT2D eigenvalue weighted by Crippen LogP contribution is 2.37. The summed E-state index contributed by atoms with van der Waals surface area (Å²) >= 11 is 0. The van der Waals surface area contributed by atoms with Gasteiger partial charge in [-0.3, -0.25) is 0 Å². The first-order valence-corrected chi connectivity index (χ1v) is 8.40. The zero-order valence-electron chi connectivity index (χ0n) is 14.6. The van der Waals surface area contributed by atoms with E-state index in [-0.39, 0.29) is 5.41 Å². The number of quaternary nitrogens is 1. The molecule has 1 fully saturated rings. The van der Waals surface area contributed by atoms with Gasteiger partial charge in [0.2, 0.25) is 0 Å². The van der Waals surface area contributed by atoms with Crippen molar-refractivity contribution in [2.75, 3.05) is 39.8 Å². The molecule has 1 rings (SSSR count). The highest BCUT2D eigenvalue weighted by atomic mass is 16.3. The Hall–Kier alpha value is -0.120. The molecule has 0 spiro atoms. The molecular weight excluding hydrogens is 248 g/mol. The van der Waals surface area contributed by atoms with Crippen LogP contribution in [0.5, 0.6) is 0 Å². The standard InChI is InChI=1S/C17H37N2O/c1-14(2)9-16(5)10-17(13-20,11-18-6)12-19(7-8-19)15(3)4/h14-16,18,20H,7-13H2,1-6H3/q+1. The van der Waals surface area contributed by atoms with Gasteiger partial charge >= 0.3 is 0 Å². The van der Waals surface area contributed by atoms with Crippen LogP contribution >= 0.6 is 0 Å². The quantitative estimate of drug-likeness (QED) is 0.477. The molecule has 0 bridgehead atoms. The third kappa shape index (κ3) is 4.71. The van der Waals surface area contributed by atoms with E-state index < -0.39 is 0 Å². The largest absolute Gasteiger partial charge is 0.396 e. The number of nitrogens with zero attached hydrogens (tertiary/aromatic N) is 1. The highest BCUT2D eigenvalue weighted by molar-refractivity contribution is 4.85. The summed E-state index contributed by atoms with van der Waals surface area (Å²) in [6, 6.07) is 0.679. The van der Waals surface area contributed by atoms with E-state index in [0.717, 1.165) is 25.4 Å². The van der Waals surface area contributed by atoms with Crippen molar-refractivity contribution in [3.8, 4) is 0 Å². The van der Waals surface area contributed by atoms with Gasteiger partial charge < -0.3 is 14.9 Å². The summed E-state index contributed by atoms with van der Waals surface area (Å²) < 4.78 is 1.20. The minimum absolute atomic E-state index is 0.0455. The molecule has 1 aliphatic rings. The molecule has 120 valence electrons. The third-order valence-electron chi connectivity index (χ3n) is 5.09. The Balaban J connectivity index is 2.75. The number of rotatable bonds is 10. The molecule has 0 saturated carbocycles. The lowest BCUT2D eigenvalue weighted by atomic mass is 9.77. The van der Waals surface area contributed by atoms with Crippen molar-refractivity contribution in [2.45, 2.75) is 53.5 Å². The second-order valence-electron chi connectivity index (χ2n) is 8.04. The van der Waals surface area contributed by atoms with E-state index >= 15 is 0 Å². The molecule has 0 radical (unpaired) electrons. The molecule has 0 aliphatic carbocycles. The van der Waals surface area contributed by atoms with E-state index in [1.165, 1.54) is 24.0 Å². The van der Waals surface area contributed by atoms with Gasteiger partial charge in [-0.25, -0.2) is 0 Å². The second-order valence-corrected chi connectivity index (χ2v) is 8.04. The predicted molar refractivity (Wildman–Crippen MR) is 86.7 cm³/mol. The first-order valence-electron chi connectivity index (χ1n) is 8.40. The summed E-state index contributed by atoms with van der Waals surface area (Å²) in [5.74, 6) is 1.42. The van der Waals surface area contributed by atoms with Gasteiger partial charge in [-0.15, -0.1) is 0 Å². The normalized spacial score (nSPS) is 22.1. The zero-order chi connectivity index (χ0) is 15.4. The number of hydrogen-bond donors (Lipinski definition) is 2. The lowest BCUT2D eigenvalue weighted by molar-refractivity contribution is -0.831. The first kappa shape index (κ1) is 17.9. The Morgan fingerprint density at radius 3 is 2.10 bits per heavy atom. The van der Waals surface area contributed by atoms with Crippen LogP contribution in [0.1, 0.15) is 47.5 Å². The molecule has 0 aromatic heterocycles.